The minimum Gasteiger partial charge on any atom is -0.384 e. The Morgan fingerprint density at radius 1 is 1.30 bits per heavy atom. The van der Waals surface area contributed by atoms with Gasteiger partial charge in [0.2, 0.25) is 0 Å². The first-order valence-corrected chi connectivity index (χ1v) is 11.5. The number of amides is 2. The third kappa shape index (κ3) is 3.21. The molecule has 0 aromatic heterocycles. The number of benzene rings is 1. The van der Waals surface area contributed by atoms with Crippen molar-refractivity contribution in [1.29, 1.82) is 0 Å². The lowest BCUT2D eigenvalue weighted by Gasteiger charge is -2.48. The minimum absolute atomic E-state index is 0.0792. The van der Waals surface area contributed by atoms with Crippen LogP contribution in [0, 0.1) is 0 Å². The molecule has 0 radical (unpaired) electrons. The number of nitrogens with one attached hydrogen (secondary N) is 2. The molecule has 3 aliphatic rings. The number of thioether (sulfide) groups is 1. The average molecular weight is 389 g/mol. The molecule has 0 spiro atoms. The summed E-state index contributed by atoms with van der Waals surface area (Å²) in [5, 5.41) is 6.94. The molecule has 6 heteroatoms. The van der Waals surface area contributed by atoms with Crippen LogP contribution in [0.3, 0.4) is 0 Å². The number of carbonyl (C=O) groups excluding carboxylic acids is 1. The van der Waals surface area contributed by atoms with E-state index in [9.17, 15) is 4.79 Å². The molecule has 5 nitrogen and oxygen atoms in total. The lowest BCUT2D eigenvalue weighted by molar-refractivity contribution is 0.107. The SMILES string of the molecule is CCN(CC)C(=O)N[C@H]1C[C@@H]2c3c(SC)ccc4c3C(CN4)C[C@H]2N(C)C1. The molecule has 1 aromatic carbocycles. The van der Waals surface area contributed by atoms with Gasteiger partial charge in [-0.2, -0.15) is 0 Å². The summed E-state index contributed by atoms with van der Waals surface area (Å²) in [7, 11) is 2.24. The Balaban J connectivity index is 1.63. The first-order chi connectivity index (χ1) is 13.1. The predicted octanol–water partition coefficient (Wildman–Crippen LogP) is 3.53. The van der Waals surface area contributed by atoms with Crippen LogP contribution in [0.15, 0.2) is 17.0 Å². The molecule has 4 rings (SSSR count). The highest BCUT2D eigenvalue weighted by molar-refractivity contribution is 7.98. The zero-order valence-electron chi connectivity index (χ0n) is 16.9. The van der Waals surface area contributed by atoms with Crippen LogP contribution in [0.5, 0.6) is 0 Å². The molecule has 2 N–H and O–H groups in total. The molecule has 148 valence electrons. The second kappa shape index (κ2) is 7.55. The normalized spacial score (nSPS) is 28.9. The van der Waals surface area contributed by atoms with E-state index in [0.717, 1.165) is 32.6 Å². The molecule has 1 aromatic rings. The summed E-state index contributed by atoms with van der Waals surface area (Å²) in [6.45, 7) is 7.61. The predicted molar refractivity (Wildman–Crippen MR) is 113 cm³/mol. The van der Waals surface area contributed by atoms with Gasteiger partial charge in [0.1, 0.15) is 0 Å². The fourth-order valence-corrected chi connectivity index (χ4v) is 6.15. The number of fused-ring (bicyclic) bond motifs is 2. The summed E-state index contributed by atoms with van der Waals surface area (Å²) in [6, 6.07) is 5.41. The number of likely N-dealkylation sites (N-methyl/N-ethyl adjacent to an activating group) is 1. The van der Waals surface area contributed by atoms with Crippen molar-refractivity contribution in [1.82, 2.24) is 15.1 Å². The lowest BCUT2D eigenvalue weighted by atomic mass is 9.69. The van der Waals surface area contributed by atoms with Gasteiger partial charge in [-0.25, -0.2) is 4.79 Å². The highest BCUT2D eigenvalue weighted by Gasteiger charge is 2.45. The molecular weight excluding hydrogens is 356 g/mol. The lowest BCUT2D eigenvalue weighted by Crippen LogP contribution is -2.56. The van der Waals surface area contributed by atoms with E-state index in [-0.39, 0.29) is 12.1 Å². The zero-order valence-corrected chi connectivity index (χ0v) is 17.7. The van der Waals surface area contributed by atoms with Crippen LogP contribution >= 0.6 is 11.8 Å². The van der Waals surface area contributed by atoms with Crippen molar-refractivity contribution in [3.05, 3.63) is 23.3 Å². The van der Waals surface area contributed by atoms with Crippen molar-refractivity contribution in [2.45, 2.75) is 55.5 Å². The Labute approximate surface area is 167 Å². The van der Waals surface area contributed by atoms with E-state index in [0.29, 0.717) is 17.9 Å². The second-order valence-corrected chi connectivity index (χ2v) is 8.97. The zero-order chi connectivity index (χ0) is 19.1. The van der Waals surface area contributed by atoms with Crippen molar-refractivity contribution >= 4 is 23.5 Å². The van der Waals surface area contributed by atoms with Gasteiger partial charge < -0.3 is 20.4 Å². The van der Waals surface area contributed by atoms with E-state index >= 15 is 0 Å². The Morgan fingerprint density at radius 3 is 2.78 bits per heavy atom. The molecule has 4 atom stereocenters. The van der Waals surface area contributed by atoms with Gasteiger partial charge in [0.25, 0.3) is 0 Å². The molecule has 0 bridgehead atoms. The summed E-state index contributed by atoms with van der Waals surface area (Å²) in [5.74, 6) is 1.13. The number of hydrogen-bond donors (Lipinski definition) is 2. The molecule has 0 saturated carbocycles. The highest BCUT2D eigenvalue weighted by Crippen LogP contribution is 2.52. The average Bonchev–Trinajstić information content (AvgIpc) is 3.07. The van der Waals surface area contributed by atoms with E-state index in [4.69, 9.17) is 0 Å². The fourth-order valence-electron chi connectivity index (χ4n) is 5.46. The van der Waals surface area contributed by atoms with Crippen LogP contribution in [0.2, 0.25) is 0 Å². The quantitative estimate of drug-likeness (QED) is 0.775. The summed E-state index contributed by atoms with van der Waals surface area (Å²) in [4.78, 5) is 18.4. The third-order valence-corrected chi connectivity index (χ3v) is 7.56. The second-order valence-electron chi connectivity index (χ2n) is 8.12. The van der Waals surface area contributed by atoms with Crippen LogP contribution in [0.25, 0.3) is 0 Å². The number of urea groups is 1. The van der Waals surface area contributed by atoms with Crippen molar-refractivity contribution in [2.24, 2.45) is 0 Å². The Kier molecular flexibility index (Phi) is 5.30. The van der Waals surface area contributed by atoms with Crippen LogP contribution in [-0.2, 0) is 0 Å². The Bertz CT molecular complexity index is 720. The van der Waals surface area contributed by atoms with E-state index in [1.165, 1.54) is 17.0 Å². The number of piperidine rings is 1. The first-order valence-electron chi connectivity index (χ1n) is 10.3. The smallest absolute Gasteiger partial charge is 0.317 e. The van der Waals surface area contributed by atoms with Gasteiger partial charge >= 0.3 is 6.03 Å². The monoisotopic (exact) mass is 388 g/mol. The Hall–Kier alpha value is -1.40. The highest BCUT2D eigenvalue weighted by atomic mass is 32.2. The molecule has 27 heavy (non-hydrogen) atoms. The van der Waals surface area contributed by atoms with Crippen LogP contribution < -0.4 is 10.6 Å². The van der Waals surface area contributed by atoms with Crippen molar-refractivity contribution in [3.8, 4) is 0 Å². The van der Waals surface area contributed by atoms with Gasteiger partial charge in [-0.3, -0.25) is 0 Å². The van der Waals surface area contributed by atoms with E-state index < -0.39 is 0 Å². The largest absolute Gasteiger partial charge is 0.384 e. The van der Waals surface area contributed by atoms with Gasteiger partial charge in [-0.1, -0.05) is 0 Å². The maximum Gasteiger partial charge on any atom is 0.317 e. The summed E-state index contributed by atoms with van der Waals surface area (Å²) < 4.78 is 0. The minimum atomic E-state index is 0.0792. The summed E-state index contributed by atoms with van der Waals surface area (Å²) in [5.41, 5.74) is 4.45. The molecule has 1 fully saturated rings. The van der Waals surface area contributed by atoms with Crippen LogP contribution in [0.1, 0.15) is 49.7 Å². The number of anilines is 1. The van der Waals surface area contributed by atoms with Gasteiger partial charge in [-0.05, 0) is 63.3 Å². The number of likely N-dealkylation sites (tertiary alicyclic amines) is 1. The van der Waals surface area contributed by atoms with Gasteiger partial charge in [0, 0.05) is 60.7 Å². The van der Waals surface area contributed by atoms with Gasteiger partial charge in [-0.15, -0.1) is 11.8 Å². The molecule has 1 unspecified atom stereocenters. The molecule has 2 amide bonds. The molecule has 1 saturated heterocycles. The maximum absolute atomic E-state index is 12.6. The van der Waals surface area contributed by atoms with Gasteiger partial charge in [0.05, 0.1) is 0 Å². The molecule has 1 aliphatic carbocycles. The fraction of sp³-hybridized carbons (Fsp3) is 0.667. The maximum atomic E-state index is 12.6. The van der Waals surface area contributed by atoms with Gasteiger partial charge in [0.15, 0.2) is 0 Å². The number of carbonyl (C=O) groups is 1. The number of nitrogens with zero attached hydrogens (tertiary/aromatic N) is 2. The van der Waals surface area contributed by atoms with Crippen molar-refractivity contribution in [2.75, 3.05) is 44.8 Å². The molecule has 2 heterocycles. The summed E-state index contributed by atoms with van der Waals surface area (Å²) >= 11 is 1.86. The Morgan fingerprint density at radius 2 is 2.07 bits per heavy atom. The van der Waals surface area contributed by atoms with Crippen molar-refractivity contribution < 1.29 is 4.79 Å². The third-order valence-electron chi connectivity index (χ3n) is 6.77. The van der Waals surface area contributed by atoms with Crippen LogP contribution in [0.4, 0.5) is 10.5 Å². The molecular formula is C21H32N4OS. The number of hydrogen-bond acceptors (Lipinski definition) is 4. The van der Waals surface area contributed by atoms with Crippen LogP contribution in [-0.4, -0.2) is 67.4 Å². The van der Waals surface area contributed by atoms with E-state index in [1.807, 2.05) is 30.5 Å². The molecule has 2 aliphatic heterocycles. The summed E-state index contributed by atoms with van der Waals surface area (Å²) in [6.07, 6.45) is 4.45. The van der Waals surface area contributed by atoms with Crippen molar-refractivity contribution in [3.63, 3.8) is 0 Å². The van der Waals surface area contributed by atoms with E-state index in [2.05, 4.69) is 41.0 Å². The number of rotatable bonds is 4. The van der Waals surface area contributed by atoms with E-state index in [1.54, 1.807) is 11.1 Å². The topological polar surface area (TPSA) is 47.6 Å². The standard InChI is InChI=1S/C21H32N4OS/c1-5-25(6-2)21(26)23-14-10-15-17(24(3)12-14)9-13-11-22-16-7-8-18(27-4)20(15)19(13)16/h7-8,13-15,17,22H,5-6,9-12H2,1-4H3,(H,23,26)/t13?,14-,15-,17+/m0/s1. The first kappa shape index (κ1) is 18.9.